The molecule has 100 valence electrons. The molecule has 0 aliphatic carbocycles. The number of carbonyl (C=O) groups excluding carboxylic acids is 1. The zero-order valence-corrected chi connectivity index (χ0v) is 11.7. The Kier molecular flexibility index (Phi) is 3.38. The van der Waals surface area contributed by atoms with Crippen molar-refractivity contribution in [2.45, 2.75) is 12.8 Å². The van der Waals surface area contributed by atoms with Crippen LogP contribution in [0.3, 0.4) is 0 Å². The predicted octanol–water partition coefficient (Wildman–Crippen LogP) is 2.69. The molecule has 1 atom stereocenters. The van der Waals surface area contributed by atoms with Crippen molar-refractivity contribution in [3.05, 3.63) is 23.7 Å². The van der Waals surface area contributed by atoms with Crippen molar-refractivity contribution >= 4 is 33.2 Å². The van der Waals surface area contributed by atoms with Crippen LogP contribution in [-0.2, 0) is 9.53 Å². The number of fused-ring (bicyclic) bond motifs is 1. The molecular formula is C14H16N2O2S. The van der Waals surface area contributed by atoms with Crippen molar-refractivity contribution < 1.29 is 9.53 Å². The monoisotopic (exact) mass is 276 g/mol. The van der Waals surface area contributed by atoms with Crippen LogP contribution in [-0.4, -0.2) is 31.2 Å². The highest BCUT2D eigenvalue weighted by Gasteiger charge is 2.27. The van der Waals surface area contributed by atoms with Gasteiger partial charge in [0.15, 0.2) is 0 Å². The van der Waals surface area contributed by atoms with Crippen LogP contribution in [0.25, 0.3) is 10.1 Å². The third-order valence-corrected chi connectivity index (χ3v) is 4.50. The second kappa shape index (κ2) is 5.17. The molecule has 4 nitrogen and oxygen atoms in total. The third-order valence-electron chi connectivity index (χ3n) is 3.61. The van der Waals surface area contributed by atoms with Crippen LogP contribution >= 0.6 is 11.3 Å². The quantitative estimate of drug-likeness (QED) is 0.791. The second-order valence-electron chi connectivity index (χ2n) is 4.78. The SMILES string of the molecule is COC(=O)C1CCCN(c2nccc3sccc23)C1. The molecule has 0 amide bonds. The van der Waals surface area contributed by atoms with E-state index >= 15 is 0 Å². The molecule has 1 fully saturated rings. The van der Waals surface area contributed by atoms with Crippen LogP contribution in [0.4, 0.5) is 5.82 Å². The molecule has 0 radical (unpaired) electrons. The Bertz CT molecular complexity index is 596. The number of pyridine rings is 1. The van der Waals surface area contributed by atoms with E-state index in [0.29, 0.717) is 6.54 Å². The summed E-state index contributed by atoms with van der Waals surface area (Å²) in [6, 6.07) is 4.13. The first-order valence-corrected chi connectivity index (χ1v) is 7.32. The number of rotatable bonds is 2. The number of hydrogen-bond acceptors (Lipinski definition) is 5. The summed E-state index contributed by atoms with van der Waals surface area (Å²) in [5, 5.41) is 3.26. The minimum atomic E-state index is -0.109. The lowest BCUT2D eigenvalue weighted by Gasteiger charge is -2.32. The van der Waals surface area contributed by atoms with E-state index in [1.165, 1.54) is 17.2 Å². The average Bonchev–Trinajstić information content (AvgIpc) is 2.94. The summed E-state index contributed by atoms with van der Waals surface area (Å²) in [7, 11) is 1.46. The first-order valence-electron chi connectivity index (χ1n) is 6.44. The highest BCUT2D eigenvalue weighted by Crippen LogP contribution is 2.31. The fraction of sp³-hybridized carbons (Fsp3) is 0.429. The lowest BCUT2D eigenvalue weighted by Crippen LogP contribution is -2.39. The van der Waals surface area contributed by atoms with Gasteiger partial charge in [0.25, 0.3) is 0 Å². The molecule has 0 N–H and O–H groups in total. The summed E-state index contributed by atoms with van der Waals surface area (Å²) < 4.78 is 6.10. The molecule has 5 heteroatoms. The molecule has 2 aromatic heterocycles. The van der Waals surface area contributed by atoms with Gasteiger partial charge in [0.05, 0.1) is 13.0 Å². The maximum Gasteiger partial charge on any atom is 0.310 e. The van der Waals surface area contributed by atoms with Gasteiger partial charge in [0.1, 0.15) is 5.82 Å². The second-order valence-corrected chi connectivity index (χ2v) is 5.72. The van der Waals surface area contributed by atoms with E-state index in [0.717, 1.165) is 25.2 Å². The maximum atomic E-state index is 11.7. The highest BCUT2D eigenvalue weighted by atomic mass is 32.1. The summed E-state index contributed by atoms with van der Waals surface area (Å²) in [5.74, 6) is 0.851. The van der Waals surface area contributed by atoms with Crippen molar-refractivity contribution in [3.8, 4) is 0 Å². The molecule has 3 rings (SSSR count). The van der Waals surface area contributed by atoms with E-state index in [4.69, 9.17) is 4.74 Å². The molecule has 1 saturated heterocycles. The summed E-state index contributed by atoms with van der Waals surface area (Å²) in [5.41, 5.74) is 0. The average molecular weight is 276 g/mol. The zero-order chi connectivity index (χ0) is 13.2. The van der Waals surface area contributed by atoms with Crippen LogP contribution in [0.15, 0.2) is 23.7 Å². The number of anilines is 1. The van der Waals surface area contributed by atoms with E-state index in [1.807, 2.05) is 12.3 Å². The van der Waals surface area contributed by atoms with E-state index in [-0.39, 0.29) is 11.9 Å². The van der Waals surface area contributed by atoms with E-state index in [1.54, 1.807) is 11.3 Å². The first-order chi connectivity index (χ1) is 9.29. The fourth-order valence-electron chi connectivity index (χ4n) is 2.66. The van der Waals surface area contributed by atoms with Gasteiger partial charge in [-0.25, -0.2) is 4.98 Å². The van der Waals surface area contributed by atoms with Gasteiger partial charge in [0, 0.05) is 29.4 Å². The fourth-order valence-corrected chi connectivity index (χ4v) is 3.44. The number of esters is 1. The topological polar surface area (TPSA) is 42.4 Å². The lowest BCUT2D eigenvalue weighted by atomic mass is 9.98. The van der Waals surface area contributed by atoms with E-state index in [2.05, 4.69) is 21.3 Å². The number of hydrogen-bond donors (Lipinski definition) is 0. The van der Waals surface area contributed by atoms with Crippen molar-refractivity contribution in [3.63, 3.8) is 0 Å². The summed E-state index contributed by atoms with van der Waals surface area (Å²) in [6.45, 7) is 1.66. The molecule has 19 heavy (non-hydrogen) atoms. The van der Waals surface area contributed by atoms with Crippen LogP contribution in [0.5, 0.6) is 0 Å². The van der Waals surface area contributed by atoms with Crippen LogP contribution in [0.1, 0.15) is 12.8 Å². The maximum absolute atomic E-state index is 11.7. The van der Waals surface area contributed by atoms with Gasteiger partial charge >= 0.3 is 5.97 Å². The summed E-state index contributed by atoms with van der Waals surface area (Å²) in [4.78, 5) is 18.4. The lowest BCUT2D eigenvalue weighted by molar-refractivity contribution is -0.145. The summed E-state index contributed by atoms with van der Waals surface area (Å²) >= 11 is 1.72. The molecule has 0 saturated carbocycles. The Balaban J connectivity index is 1.89. The number of piperidine rings is 1. The van der Waals surface area contributed by atoms with E-state index < -0.39 is 0 Å². The molecule has 0 bridgehead atoms. The van der Waals surface area contributed by atoms with Gasteiger partial charge in [-0.15, -0.1) is 11.3 Å². The van der Waals surface area contributed by atoms with Crippen molar-refractivity contribution in [1.29, 1.82) is 0 Å². The Morgan fingerprint density at radius 2 is 2.42 bits per heavy atom. The van der Waals surface area contributed by atoms with Crippen LogP contribution in [0.2, 0.25) is 0 Å². The summed E-state index contributed by atoms with van der Waals surface area (Å²) in [6.07, 6.45) is 3.75. The minimum Gasteiger partial charge on any atom is -0.469 e. The van der Waals surface area contributed by atoms with Crippen LogP contribution < -0.4 is 4.90 Å². The molecular weight excluding hydrogens is 260 g/mol. The van der Waals surface area contributed by atoms with Gasteiger partial charge in [-0.3, -0.25) is 4.79 Å². The molecule has 1 aliphatic heterocycles. The number of nitrogens with zero attached hydrogens (tertiary/aromatic N) is 2. The molecule has 0 spiro atoms. The van der Waals surface area contributed by atoms with Crippen LogP contribution in [0, 0.1) is 5.92 Å². The largest absolute Gasteiger partial charge is 0.469 e. The standard InChI is InChI=1S/C14H16N2O2S/c1-18-14(17)10-3-2-7-16(9-10)13-11-5-8-19-12(11)4-6-15-13/h4-6,8,10H,2-3,7,9H2,1H3. The highest BCUT2D eigenvalue weighted by molar-refractivity contribution is 7.17. The molecule has 3 heterocycles. The van der Waals surface area contributed by atoms with Crippen molar-refractivity contribution in [2.75, 3.05) is 25.1 Å². The number of methoxy groups -OCH3 is 1. The van der Waals surface area contributed by atoms with Crippen molar-refractivity contribution in [1.82, 2.24) is 4.98 Å². The molecule has 1 aliphatic rings. The smallest absolute Gasteiger partial charge is 0.310 e. The van der Waals surface area contributed by atoms with Crippen molar-refractivity contribution in [2.24, 2.45) is 5.92 Å². The third kappa shape index (κ3) is 2.30. The van der Waals surface area contributed by atoms with Gasteiger partial charge < -0.3 is 9.64 Å². The Morgan fingerprint density at radius 1 is 1.53 bits per heavy atom. The van der Waals surface area contributed by atoms with Gasteiger partial charge in [0.2, 0.25) is 0 Å². The predicted molar refractivity (Wildman–Crippen MR) is 76.6 cm³/mol. The van der Waals surface area contributed by atoms with Gasteiger partial charge in [-0.1, -0.05) is 0 Å². The Morgan fingerprint density at radius 3 is 3.26 bits per heavy atom. The number of carbonyl (C=O) groups is 1. The number of aromatic nitrogens is 1. The van der Waals surface area contributed by atoms with Gasteiger partial charge in [-0.2, -0.15) is 0 Å². The zero-order valence-electron chi connectivity index (χ0n) is 10.8. The number of ether oxygens (including phenoxy) is 1. The Labute approximate surface area is 116 Å². The molecule has 0 aromatic carbocycles. The van der Waals surface area contributed by atoms with E-state index in [9.17, 15) is 4.79 Å². The number of thiophene rings is 1. The Hall–Kier alpha value is -1.62. The minimum absolute atomic E-state index is 0.0329. The van der Waals surface area contributed by atoms with Gasteiger partial charge in [-0.05, 0) is 30.4 Å². The molecule has 2 aromatic rings. The first kappa shape index (κ1) is 12.4. The normalized spacial score (nSPS) is 19.6. The molecule has 1 unspecified atom stereocenters.